The summed E-state index contributed by atoms with van der Waals surface area (Å²) in [5.41, 5.74) is 0.349. The van der Waals surface area contributed by atoms with Gasteiger partial charge in [-0.05, 0) is 24.3 Å². The molecule has 0 saturated carbocycles. The standard InChI is InChI=1S/C15H10FNO4/c16-11-4-2-1-3-10(11)15(19)21-9-5-6-12-13(7-9)20-8-14(18)17-12/h1-7H,8H2,(H,17,18). The Labute approximate surface area is 119 Å². The molecule has 0 spiro atoms. The van der Waals surface area contributed by atoms with E-state index in [2.05, 4.69) is 5.32 Å². The summed E-state index contributed by atoms with van der Waals surface area (Å²) in [6.45, 7) is -0.0995. The molecular weight excluding hydrogens is 277 g/mol. The third kappa shape index (κ3) is 2.69. The van der Waals surface area contributed by atoms with Crippen LogP contribution in [0, 0.1) is 5.82 Å². The summed E-state index contributed by atoms with van der Waals surface area (Å²) in [4.78, 5) is 23.0. The molecule has 1 N–H and O–H groups in total. The van der Waals surface area contributed by atoms with E-state index < -0.39 is 11.8 Å². The first-order chi connectivity index (χ1) is 10.1. The average Bonchev–Trinajstić information content (AvgIpc) is 2.48. The second-order valence-corrected chi connectivity index (χ2v) is 4.36. The number of rotatable bonds is 2. The van der Waals surface area contributed by atoms with E-state index >= 15 is 0 Å². The van der Waals surface area contributed by atoms with Crippen LogP contribution in [0.25, 0.3) is 0 Å². The number of hydrogen-bond acceptors (Lipinski definition) is 4. The average molecular weight is 287 g/mol. The largest absolute Gasteiger partial charge is 0.481 e. The van der Waals surface area contributed by atoms with Gasteiger partial charge in [-0.3, -0.25) is 4.79 Å². The number of carbonyl (C=O) groups is 2. The van der Waals surface area contributed by atoms with Gasteiger partial charge >= 0.3 is 5.97 Å². The maximum Gasteiger partial charge on any atom is 0.346 e. The fourth-order valence-corrected chi connectivity index (χ4v) is 1.91. The molecule has 2 aromatic carbocycles. The van der Waals surface area contributed by atoms with Gasteiger partial charge in [0.05, 0.1) is 11.3 Å². The summed E-state index contributed by atoms with van der Waals surface area (Å²) in [6, 6.07) is 10.1. The molecule has 0 bridgehead atoms. The minimum Gasteiger partial charge on any atom is -0.481 e. The SMILES string of the molecule is O=C1COc2cc(OC(=O)c3ccccc3F)ccc2N1. The van der Waals surface area contributed by atoms with Crippen LogP contribution in [0.15, 0.2) is 42.5 Å². The highest BCUT2D eigenvalue weighted by atomic mass is 19.1. The van der Waals surface area contributed by atoms with Crippen LogP contribution in [0.4, 0.5) is 10.1 Å². The van der Waals surface area contributed by atoms with Crippen LogP contribution < -0.4 is 14.8 Å². The third-order valence-corrected chi connectivity index (χ3v) is 2.89. The molecule has 1 heterocycles. The lowest BCUT2D eigenvalue weighted by Crippen LogP contribution is -2.25. The number of nitrogens with one attached hydrogen (secondary N) is 1. The maximum absolute atomic E-state index is 13.5. The highest BCUT2D eigenvalue weighted by molar-refractivity contribution is 5.96. The molecule has 0 aliphatic carbocycles. The van der Waals surface area contributed by atoms with Gasteiger partial charge in [-0.25, -0.2) is 9.18 Å². The smallest absolute Gasteiger partial charge is 0.346 e. The Kier molecular flexibility index (Phi) is 3.27. The lowest BCUT2D eigenvalue weighted by Gasteiger charge is -2.18. The molecule has 0 saturated heterocycles. The Morgan fingerprint density at radius 2 is 2.05 bits per heavy atom. The summed E-state index contributed by atoms with van der Waals surface area (Å²) < 4.78 is 23.8. The van der Waals surface area contributed by atoms with Crippen molar-refractivity contribution in [3.8, 4) is 11.5 Å². The molecule has 0 radical (unpaired) electrons. The Hall–Kier alpha value is -2.89. The Morgan fingerprint density at radius 1 is 1.24 bits per heavy atom. The van der Waals surface area contributed by atoms with Crippen molar-refractivity contribution in [2.24, 2.45) is 0 Å². The van der Waals surface area contributed by atoms with Crippen molar-refractivity contribution in [3.05, 3.63) is 53.8 Å². The van der Waals surface area contributed by atoms with Crippen LogP contribution in [0.1, 0.15) is 10.4 Å². The molecule has 1 aliphatic rings. The molecule has 0 unspecified atom stereocenters. The van der Waals surface area contributed by atoms with Gasteiger partial charge < -0.3 is 14.8 Å². The van der Waals surface area contributed by atoms with E-state index in [1.165, 1.54) is 30.3 Å². The number of hydrogen-bond donors (Lipinski definition) is 1. The summed E-state index contributed by atoms with van der Waals surface area (Å²) >= 11 is 0. The number of halogens is 1. The number of esters is 1. The Morgan fingerprint density at radius 3 is 2.86 bits per heavy atom. The predicted octanol–water partition coefficient (Wildman–Crippen LogP) is 2.38. The van der Waals surface area contributed by atoms with Crippen molar-refractivity contribution in [1.29, 1.82) is 0 Å². The number of ether oxygens (including phenoxy) is 2. The Balaban J connectivity index is 1.81. The quantitative estimate of drug-likeness (QED) is 0.680. The van der Waals surface area contributed by atoms with Crippen molar-refractivity contribution in [1.82, 2.24) is 0 Å². The summed E-state index contributed by atoms with van der Waals surface area (Å²) in [5.74, 6) is -1.10. The molecule has 3 rings (SSSR count). The lowest BCUT2D eigenvalue weighted by atomic mass is 10.2. The zero-order valence-corrected chi connectivity index (χ0v) is 10.8. The molecular formula is C15H10FNO4. The minimum absolute atomic E-state index is 0.0995. The van der Waals surface area contributed by atoms with Crippen LogP contribution in [0.2, 0.25) is 0 Å². The minimum atomic E-state index is -0.798. The normalized spacial score (nSPS) is 12.9. The van der Waals surface area contributed by atoms with Gasteiger partial charge in [0.1, 0.15) is 17.3 Å². The predicted molar refractivity (Wildman–Crippen MR) is 71.9 cm³/mol. The topological polar surface area (TPSA) is 64.6 Å². The first-order valence-electron chi connectivity index (χ1n) is 6.17. The van der Waals surface area contributed by atoms with Gasteiger partial charge in [0.15, 0.2) is 6.61 Å². The third-order valence-electron chi connectivity index (χ3n) is 2.89. The van der Waals surface area contributed by atoms with Gasteiger partial charge in [-0.2, -0.15) is 0 Å². The first kappa shape index (κ1) is 13.1. The first-order valence-corrected chi connectivity index (χ1v) is 6.17. The van der Waals surface area contributed by atoms with Crippen LogP contribution in [0.3, 0.4) is 0 Å². The van der Waals surface area contributed by atoms with E-state index in [-0.39, 0.29) is 23.8 Å². The Bertz CT molecular complexity index is 729. The molecule has 2 aromatic rings. The summed E-state index contributed by atoms with van der Waals surface area (Å²) in [7, 11) is 0. The fourth-order valence-electron chi connectivity index (χ4n) is 1.91. The van der Waals surface area contributed by atoms with Gasteiger partial charge in [0.25, 0.3) is 5.91 Å². The highest BCUT2D eigenvalue weighted by Gasteiger charge is 2.18. The van der Waals surface area contributed by atoms with Crippen molar-refractivity contribution in [2.45, 2.75) is 0 Å². The molecule has 106 valence electrons. The second kappa shape index (κ2) is 5.24. The van der Waals surface area contributed by atoms with E-state index in [1.807, 2.05) is 0 Å². The molecule has 0 fully saturated rings. The van der Waals surface area contributed by atoms with E-state index in [0.29, 0.717) is 11.4 Å². The van der Waals surface area contributed by atoms with Crippen molar-refractivity contribution in [3.63, 3.8) is 0 Å². The van der Waals surface area contributed by atoms with E-state index in [0.717, 1.165) is 0 Å². The van der Waals surface area contributed by atoms with Crippen molar-refractivity contribution in [2.75, 3.05) is 11.9 Å². The highest BCUT2D eigenvalue weighted by Crippen LogP contribution is 2.31. The summed E-state index contributed by atoms with van der Waals surface area (Å²) in [5, 5.41) is 2.62. The molecule has 0 aromatic heterocycles. The zero-order chi connectivity index (χ0) is 14.8. The molecule has 21 heavy (non-hydrogen) atoms. The number of fused-ring (bicyclic) bond motifs is 1. The van der Waals surface area contributed by atoms with Gasteiger partial charge in [0.2, 0.25) is 0 Å². The number of carbonyl (C=O) groups excluding carboxylic acids is 2. The van der Waals surface area contributed by atoms with Crippen LogP contribution in [0.5, 0.6) is 11.5 Å². The number of anilines is 1. The summed E-state index contributed by atoms with van der Waals surface area (Å²) in [6.07, 6.45) is 0. The number of amides is 1. The van der Waals surface area contributed by atoms with Crippen molar-refractivity contribution >= 4 is 17.6 Å². The number of benzene rings is 2. The monoisotopic (exact) mass is 287 g/mol. The van der Waals surface area contributed by atoms with Gasteiger partial charge in [-0.1, -0.05) is 12.1 Å². The molecule has 6 heteroatoms. The van der Waals surface area contributed by atoms with E-state index in [1.54, 1.807) is 12.1 Å². The van der Waals surface area contributed by atoms with Crippen LogP contribution in [-0.4, -0.2) is 18.5 Å². The molecule has 1 amide bonds. The van der Waals surface area contributed by atoms with Crippen LogP contribution in [-0.2, 0) is 4.79 Å². The molecule has 1 aliphatic heterocycles. The van der Waals surface area contributed by atoms with E-state index in [9.17, 15) is 14.0 Å². The zero-order valence-electron chi connectivity index (χ0n) is 10.8. The van der Waals surface area contributed by atoms with E-state index in [4.69, 9.17) is 9.47 Å². The maximum atomic E-state index is 13.5. The van der Waals surface area contributed by atoms with Gasteiger partial charge in [-0.15, -0.1) is 0 Å². The van der Waals surface area contributed by atoms with Gasteiger partial charge in [0, 0.05) is 6.07 Å². The lowest BCUT2D eigenvalue weighted by molar-refractivity contribution is -0.118. The van der Waals surface area contributed by atoms with Crippen LogP contribution >= 0.6 is 0 Å². The second-order valence-electron chi connectivity index (χ2n) is 4.36. The fraction of sp³-hybridized carbons (Fsp3) is 0.0667. The molecule has 0 atom stereocenters. The van der Waals surface area contributed by atoms with Crippen molar-refractivity contribution < 1.29 is 23.5 Å². The molecule has 5 nitrogen and oxygen atoms in total.